The van der Waals surface area contributed by atoms with E-state index >= 15 is 0 Å². The Balaban J connectivity index is 3.43. The van der Waals surface area contributed by atoms with E-state index in [1.807, 2.05) is 13.0 Å². The van der Waals surface area contributed by atoms with Crippen LogP contribution in [0.1, 0.15) is 11.1 Å². The Morgan fingerprint density at radius 3 is 2.53 bits per heavy atom. The van der Waals surface area contributed by atoms with E-state index < -0.39 is 10.0 Å². The van der Waals surface area contributed by atoms with Crippen LogP contribution in [0.15, 0.2) is 29.7 Å². The molecule has 0 aliphatic rings. The summed E-state index contributed by atoms with van der Waals surface area (Å²) in [6, 6.07) is 3.44. The minimum absolute atomic E-state index is 0.196. The molecule has 0 saturated carbocycles. The lowest BCUT2D eigenvalue weighted by atomic mass is 10.1. The third-order valence-corrected chi connectivity index (χ3v) is 4.79. The normalized spacial score (nSPS) is 11.8. The lowest BCUT2D eigenvalue weighted by Crippen LogP contribution is -2.28. The van der Waals surface area contributed by atoms with E-state index in [2.05, 4.69) is 6.58 Å². The molecule has 0 fully saturated rings. The zero-order valence-corrected chi connectivity index (χ0v) is 11.2. The first-order valence-electron chi connectivity index (χ1n) is 5.25. The maximum atomic E-state index is 12.3. The highest BCUT2D eigenvalue weighted by Crippen LogP contribution is 2.27. The van der Waals surface area contributed by atoms with Crippen LogP contribution in [0, 0.1) is 13.8 Å². The Morgan fingerprint density at radius 1 is 1.41 bits per heavy atom. The van der Waals surface area contributed by atoms with E-state index in [9.17, 15) is 8.42 Å². The molecular weight excluding hydrogens is 236 g/mol. The third kappa shape index (κ3) is 2.50. The second kappa shape index (κ2) is 4.89. The van der Waals surface area contributed by atoms with Crippen molar-refractivity contribution in [3.05, 3.63) is 35.9 Å². The van der Waals surface area contributed by atoms with Crippen LogP contribution in [0.25, 0.3) is 0 Å². The van der Waals surface area contributed by atoms with E-state index in [4.69, 9.17) is 5.73 Å². The van der Waals surface area contributed by atoms with Gasteiger partial charge in [-0.25, -0.2) is 8.42 Å². The number of hydrogen-bond donors (Lipinski definition) is 1. The summed E-state index contributed by atoms with van der Waals surface area (Å²) in [5.74, 6) is 0. The van der Waals surface area contributed by atoms with Gasteiger partial charge in [0.2, 0.25) is 10.0 Å². The number of nitrogen functional groups attached to an aromatic ring is 1. The topological polar surface area (TPSA) is 63.4 Å². The summed E-state index contributed by atoms with van der Waals surface area (Å²) in [5.41, 5.74) is 7.66. The molecular formula is C12H18N2O2S. The number of anilines is 1. The van der Waals surface area contributed by atoms with Gasteiger partial charge in [0.25, 0.3) is 0 Å². The molecule has 17 heavy (non-hydrogen) atoms. The summed E-state index contributed by atoms with van der Waals surface area (Å²) >= 11 is 0. The molecule has 0 aliphatic carbocycles. The summed E-state index contributed by atoms with van der Waals surface area (Å²) in [6.45, 7) is 7.42. The van der Waals surface area contributed by atoms with Gasteiger partial charge in [-0.05, 0) is 31.0 Å². The molecule has 0 saturated heterocycles. The van der Waals surface area contributed by atoms with Gasteiger partial charge in [-0.15, -0.1) is 6.58 Å². The average Bonchev–Trinajstić information content (AvgIpc) is 2.24. The van der Waals surface area contributed by atoms with Crippen molar-refractivity contribution in [2.75, 3.05) is 19.3 Å². The van der Waals surface area contributed by atoms with Gasteiger partial charge in [0.1, 0.15) is 4.90 Å². The van der Waals surface area contributed by atoms with E-state index in [0.29, 0.717) is 5.56 Å². The van der Waals surface area contributed by atoms with Gasteiger partial charge in [-0.1, -0.05) is 12.1 Å². The van der Waals surface area contributed by atoms with Crippen molar-refractivity contribution in [3.8, 4) is 0 Å². The summed E-state index contributed by atoms with van der Waals surface area (Å²) in [7, 11) is -2.04. The van der Waals surface area contributed by atoms with Gasteiger partial charge in [0, 0.05) is 13.6 Å². The van der Waals surface area contributed by atoms with Gasteiger partial charge < -0.3 is 5.73 Å². The van der Waals surface area contributed by atoms with Crippen LogP contribution < -0.4 is 5.73 Å². The van der Waals surface area contributed by atoms with Crippen LogP contribution in [-0.2, 0) is 10.0 Å². The number of hydrogen-bond acceptors (Lipinski definition) is 3. The zero-order chi connectivity index (χ0) is 13.2. The first kappa shape index (κ1) is 13.7. The van der Waals surface area contributed by atoms with Crippen LogP contribution in [0.3, 0.4) is 0 Å². The third-order valence-electron chi connectivity index (χ3n) is 2.76. The highest BCUT2D eigenvalue weighted by atomic mass is 32.2. The largest absolute Gasteiger partial charge is 0.398 e. The lowest BCUT2D eigenvalue weighted by Gasteiger charge is -2.19. The SMILES string of the molecule is C=CCN(C)S(=O)(=O)c1c(N)ccc(C)c1C. The molecule has 2 N–H and O–H groups in total. The predicted octanol–water partition coefficient (Wildman–Crippen LogP) is 1.69. The Bertz CT molecular complexity index is 536. The fraction of sp³-hybridized carbons (Fsp3) is 0.333. The van der Waals surface area contributed by atoms with Crippen molar-refractivity contribution in [3.63, 3.8) is 0 Å². The first-order chi connectivity index (χ1) is 7.82. The number of nitrogens with zero attached hydrogens (tertiary/aromatic N) is 1. The smallest absolute Gasteiger partial charge is 0.245 e. The van der Waals surface area contributed by atoms with Crippen LogP contribution >= 0.6 is 0 Å². The molecule has 0 amide bonds. The second-order valence-electron chi connectivity index (χ2n) is 4.00. The fourth-order valence-electron chi connectivity index (χ4n) is 1.59. The van der Waals surface area contributed by atoms with E-state index in [0.717, 1.165) is 5.56 Å². The van der Waals surface area contributed by atoms with Crippen LogP contribution in [0.5, 0.6) is 0 Å². The molecule has 0 heterocycles. The molecule has 5 heteroatoms. The zero-order valence-electron chi connectivity index (χ0n) is 10.4. The van der Waals surface area contributed by atoms with Crippen molar-refractivity contribution in [2.24, 2.45) is 0 Å². The first-order valence-corrected chi connectivity index (χ1v) is 6.69. The molecule has 94 valence electrons. The van der Waals surface area contributed by atoms with Gasteiger partial charge in [-0.2, -0.15) is 4.31 Å². The quantitative estimate of drug-likeness (QED) is 0.657. The predicted molar refractivity (Wildman–Crippen MR) is 70.3 cm³/mol. The summed E-state index contributed by atoms with van der Waals surface area (Å²) < 4.78 is 25.9. The number of likely N-dealkylation sites (N-methyl/N-ethyl adjacent to an activating group) is 1. The molecule has 1 aromatic carbocycles. The molecule has 0 radical (unpaired) electrons. The average molecular weight is 254 g/mol. The number of aryl methyl sites for hydroxylation is 1. The molecule has 4 nitrogen and oxygen atoms in total. The fourth-order valence-corrected chi connectivity index (χ4v) is 3.12. The lowest BCUT2D eigenvalue weighted by molar-refractivity contribution is 0.499. The Morgan fingerprint density at radius 2 is 2.00 bits per heavy atom. The van der Waals surface area contributed by atoms with Gasteiger partial charge >= 0.3 is 0 Å². The van der Waals surface area contributed by atoms with Crippen LogP contribution in [0.2, 0.25) is 0 Å². The van der Waals surface area contributed by atoms with Crippen molar-refractivity contribution in [1.82, 2.24) is 4.31 Å². The summed E-state index contributed by atoms with van der Waals surface area (Å²) in [4.78, 5) is 0.196. The van der Waals surface area contributed by atoms with Crippen molar-refractivity contribution >= 4 is 15.7 Å². The summed E-state index contributed by atoms with van der Waals surface area (Å²) in [5, 5.41) is 0. The molecule has 1 aromatic rings. The van der Waals surface area contributed by atoms with Crippen molar-refractivity contribution < 1.29 is 8.42 Å². The van der Waals surface area contributed by atoms with Gasteiger partial charge in [0.15, 0.2) is 0 Å². The maximum absolute atomic E-state index is 12.3. The second-order valence-corrected chi connectivity index (χ2v) is 5.98. The number of sulfonamides is 1. The molecule has 0 aromatic heterocycles. The van der Waals surface area contributed by atoms with E-state index in [1.165, 1.54) is 11.4 Å². The highest BCUT2D eigenvalue weighted by Gasteiger charge is 2.25. The van der Waals surface area contributed by atoms with Crippen molar-refractivity contribution in [2.45, 2.75) is 18.7 Å². The minimum Gasteiger partial charge on any atom is -0.398 e. The number of benzene rings is 1. The Hall–Kier alpha value is -1.33. The monoisotopic (exact) mass is 254 g/mol. The number of nitrogens with two attached hydrogens (primary N) is 1. The number of rotatable bonds is 4. The van der Waals surface area contributed by atoms with Crippen molar-refractivity contribution in [1.29, 1.82) is 0 Å². The molecule has 0 atom stereocenters. The van der Waals surface area contributed by atoms with Crippen LogP contribution in [0.4, 0.5) is 5.69 Å². The van der Waals surface area contributed by atoms with Gasteiger partial charge in [-0.3, -0.25) is 0 Å². The minimum atomic E-state index is -3.55. The maximum Gasteiger partial charge on any atom is 0.245 e. The molecule has 0 unspecified atom stereocenters. The van der Waals surface area contributed by atoms with Gasteiger partial charge in [0.05, 0.1) is 5.69 Å². The van der Waals surface area contributed by atoms with E-state index in [-0.39, 0.29) is 17.1 Å². The standard InChI is InChI=1S/C12H18N2O2S/c1-5-8-14(4)17(15,16)12-10(3)9(2)6-7-11(12)13/h5-7H,1,8,13H2,2-4H3. The Kier molecular flexibility index (Phi) is 3.95. The molecule has 0 spiro atoms. The van der Waals surface area contributed by atoms with E-state index in [1.54, 1.807) is 19.1 Å². The Labute approximate surface area is 103 Å². The molecule has 0 bridgehead atoms. The summed E-state index contributed by atoms with van der Waals surface area (Å²) in [6.07, 6.45) is 1.54. The van der Waals surface area contributed by atoms with Crippen LogP contribution in [-0.4, -0.2) is 26.3 Å². The highest BCUT2D eigenvalue weighted by molar-refractivity contribution is 7.89. The molecule has 1 rings (SSSR count). The molecule has 0 aliphatic heterocycles.